The predicted molar refractivity (Wildman–Crippen MR) is 127 cm³/mol. The van der Waals surface area contributed by atoms with E-state index in [1.807, 2.05) is 0 Å². The molecular weight excluding hydrogens is 495 g/mol. The summed E-state index contributed by atoms with van der Waals surface area (Å²) in [4.78, 5) is 33.1. The summed E-state index contributed by atoms with van der Waals surface area (Å²) in [6, 6.07) is 12.1. The fraction of sp³-hybridized carbons (Fsp3) is 0.154. The van der Waals surface area contributed by atoms with Crippen molar-refractivity contribution in [1.29, 1.82) is 0 Å². The van der Waals surface area contributed by atoms with Crippen LogP contribution in [0.15, 0.2) is 60.9 Å². The van der Waals surface area contributed by atoms with E-state index in [-0.39, 0.29) is 36.5 Å². The van der Waals surface area contributed by atoms with Crippen molar-refractivity contribution in [3.63, 3.8) is 0 Å². The highest BCUT2D eigenvalue weighted by molar-refractivity contribution is 6.31. The number of ketones is 1. The summed E-state index contributed by atoms with van der Waals surface area (Å²) < 4.78 is 45.6. The minimum atomic E-state index is -4.61. The third kappa shape index (κ3) is 4.74. The number of rotatable bonds is 6. The number of ether oxygens (including phenoxy) is 1. The van der Waals surface area contributed by atoms with Gasteiger partial charge in [-0.15, -0.1) is 0 Å². The molecule has 0 atom stereocenters. The van der Waals surface area contributed by atoms with Crippen molar-refractivity contribution in [3.05, 3.63) is 88.2 Å². The van der Waals surface area contributed by atoms with Crippen molar-refractivity contribution in [2.75, 3.05) is 5.32 Å². The maximum atomic E-state index is 13.2. The number of pyridine rings is 2. The maximum absolute atomic E-state index is 13.2. The number of aromatic nitrogens is 2. The first kappa shape index (κ1) is 23.7. The van der Waals surface area contributed by atoms with E-state index in [1.54, 1.807) is 36.5 Å². The normalized spacial score (nSPS) is 12.9. The molecule has 0 unspecified atom stereocenters. The van der Waals surface area contributed by atoms with Crippen LogP contribution in [0.2, 0.25) is 5.02 Å². The molecule has 1 aliphatic rings. The quantitative estimate of drug-likeness (QED) is 0.346. The molecule has 1 N–H and O–H groups in total. The van der Waals surface area contributed by atoms with Crippen molar-refractivity contribution >= 4 is 40.0 Å². The first-order valence-corrected chi connectivity index (χ1v) is 11.3. The molecule has 10 heteroatoms. The lowest BCUT2D eigenvalue weighted by molar-refractivity contribution is -0.137. The van der Waals surface area contributed by atoms with Crippen LogP contribution in [0.4, 0.5) is 19.0 Å². The van der Waals surface area contributed by atoms with Gasteiger partial charge in [0.2, 0.25) is 5.91 Å². The molecule has 6 nitrogen and oxygen atoms in total. The molecule has 2 aromatic heterocycles. The highest BCUT2D eigenvalue weighted by Crippen LogP contribution is 2.37. The molecule has 0 bridgehead atoms. The molecule has 36 heavy (non-hydrogen) atoms. The van der Waals surface area contributed by atoms with E-state index in [1.165, 1.54) is 12.3 Å². The van der Waals surface area contributed by atoms with Crippen LogP contribution in [0.3, 0.4) is 0 Å². The zero-order valence-electron chi connectivity index (χ0n) is 18.5. The number of fused-ring (bicyclic) bond motifs is 2. The molecule has 0 fully saturated rings. The van der Waals surface area contributed by atoms with Crippen molar-refractivity contribution in [1.82, 2.24) is 9.97 Å². The highest BCUT2D eigenvalue weighted by Gasteiger charge is 2.33. The Morgan fingerprint density at radius 2 is 1.86 bits per heavy atom. The molecule has 0 spiro atoms. The van der Waals surface area contributed by atoms with Crippen LogP contribution >= 0.6 is 11.6 Å². The summed E-state index contributed by atoms with van der Waals surface area (Å²) in [6.07, 6.45) is -1.54. The number of anilines is 1. The largest absolute Gasteiger partial charge is 0.456 e. The number of carbonyl (C=O) groups excluding carboxylic acids is 2. The molecular formula is C26H17ClF3N3O3. The molecule has 4 aromatic rings. The molecule has 0 aliphatic carbocycles. The average molecular weight is 512 g/mol. The summed E-state index contributed by atoms with van der Waals surface area (Å²) in [5.74, 6) is 0.975. The monoisotopic (exact) mass is 511 g/mol. The minimum Gasteiger partial charge on any atom is -0.456 e. The van der Waals surface area contributed by atoms with Gasteiger partial charge >= 0.3 is 6.18 Å². The topological polar surface area (TPSA) is 81.2 Å². The van der Waals surface area contributed by atoms with Crippen LogP contribution in [0.25, 0.3) is 10.9 Å². The summed E-state index contributed by atoms with van der Waals surface area (Å²) in [6.45, 7) is 0. The van der Waals surface area contributed by atoms with Gasteiger partial charge in [0.15, 0.2) is 0 Å². The zero-order valence-corrected chi connectivity index (χ0v) is 19.3. The van der Waals surface area contributed by atoms with Gasteiger partial charge in [-0.2, -0.15) is 13.2 Å². The molecule has 5 rings (SSSR count). The van der Waals surface area contributed by atoms with Gasteiger partial charge in [0.1, 0.15) is 23.1 Å². The van der Waals surface area contributed by atoms with Crippen molar-refractivity contribution < 1.29 is 27.5 Å². The number of halogens is 4. The van der Waals surface area contributed by atoms with Crippen LogP contribution in [0.1, 0.15) is 22.3 Å². The number of nitrogens with one attached hydrogen (secondary N) is 1. The van der Waals surface area contributed by atoms with Gasteiger partial charge in [0.05, 0.1) is 22.5 Å². The van der Waals surface area contributed by atoms with Crippen LogP contribution < -0.4 is 10.1 Å². The lowest BCUT2D eigenvalue weighted by atomic mass is 9.99. The highest BCUT2D eigenvalue weighted by atomic mass is 35.5. The Balaban J connectivity index is 1.40. The fourth-order valence-electron chi connectivity index (χ4n) is 4.14. The lowest BCUT2D eigenvalue weighted by Crippen LogP contribution is -2.10. The summed E-state index contributed by atoms with van der Waals surface area (Å²) in [5, 5.41) is 2.91. The SMILES string of the molecule is O=C(Cc1ccc(Cl)c(C(F)(F)F)c1)Cc1ccc(Oc2ccnc3c2CC(=O)N3)c2cccnc12. The Bertz CT molecular complexity index is 1520. The van der Waals surface area contributed by atoms with Crippen LogP contribution in [-0.2, 0) is 35.0 Å². The van der Waals surface area contributed by atoms with Crippen molar-refractivity contribution in [2.45, 2.75) is 25.4 Å². The maximum Gasteiger partial charge on any atom is 0.417 e. The molecule has 182 valence electrons. The lowest BCUT2D eigenvalue weighted by Gasteiger charge is -2.13. The van der Waals surface area contributed by atoms with E-state index in [2.05, 4.69) is 15.3 Å². The number of Topliss-reactive ketones (excluding diaryl/α,β-unsaturated/α-hetero) is 1. The van der Waals surface area contributed by atoms with E-state index in [0.29, 0.717) is 39.3 Å². The summed E-state index contributed by atoms with van der Waals surface area (Å²) in [7, 11) is 0. The predicted octanol–water partition coefficient (Wildman–Crippen LogP) is 5.94. The van der Waals surface area contributed by atoms with E-state index in [4.69, 9.17) is 16.3 Å². The minimum absolute atomic E-state index is 0.0269. The Morgan fingerprint density at radius 1 is 1.03 bits per heavy atom. The van der Waals surface area contributed by atoms with Gasteiger partial charge < -0.3 is 10.1 Å². The molecule has 0 saturated carbocycles. The number of amides is 1. The number of alkyl halides is 3. The van der Waals surface area contributed by atoms with Gasteiger partial charge in [-0.3, -0.25) is 14.6 Å². The van der Waals surface area contributed by atoms with Gasteiger partial charge in [-0.05, 0) is 47.5 Å². The summed E-state index contributed by atoms with van der Waals surface area (Å²) in [5.41, 5.74) is 1.06. The smallest absolute Gasteiger partial charge is 0.417 e. The second-order valence-corrected chi connectivity index (χ2v) is 8.70. The first-order chi connectivity index (χ1) is 17.2. The van der Waals surface area contributed by atoms with E-state index in [0.717, 1.165) is 12.1 Å². The molecule has 1 amide bonds. The van der Waals surface area contributed by atoms with Crippen LogP contribution in [-0.4, -0.2) is 21.7 Å². The Hall–Kier alpha value is -3.98. The third-order valence-electron chi connectivity index (χ3n) is 5.77. The first-order valence-electron chi connectivity index (χ1n) is 10.9. The molecule has 3 heterocycles. The van der Waals surface area contributed by atoms with Gasteiger partial charge in [-0.25, -0.2) is 4.98 Å². The van der Waals surface area contributed by atoms with Crippen LogP contribution in [0.5, 0.6) is 11.5 Å². The second-order valence-electron chi connectivity index (χ2n) is 8.29. The Morgan fingerprint density at radius 3 is 2.67 bits per heavy atom. The van der Waals surface area contributed by atoms with E-state index >= 15 is 0 Å². The van der Waals surface area contributed by atoms with Crippen molar-refractivity contribution in [2.24, 2.45) is 0 Å². The zero-order chi connectivity index (χ0) is 25.4. The van der Waals surface area contributed by atoms with Gasteiger partial charge in [0.25, 0.3) is 0 Å². The number of nitrogens with zero attached hydrogens (tertiary/aromatic N) is 2. The third-order valence-corrected chi connectivity index (χ3v) is 6.10. The number of hydrogen-bond donors (Lipinski definition) is 1. The average Bonchev–Trinajstić information content (AvgIpc) is 3.22. The summed E-state index contributed by atoms with van der Waals surface area (Å²) >= 11 is 5.67. The Kier molecular flexibility index (Phi) is 6.09. The standard InChI is InChI=1S/C26H17ClF3N3O3/c27-20-5-3-14(11-19(20)26(28,29)30)10-16(34)12-15-4-6-21(17-2-1-8-31-24(15)17)36-22-7-9-32-25-18(22)13-23(35)33-25/h1-9,11H,10,12-13H2,(H,32,33,35). The number of hydrogen-bond acceptors (Lipinski definition) is 5. The van der Waals surface area contributed by atoms with Crippen molar-refractivity contribution in [3.8, 4) is 11.5 Å². The van der Waals surface area contributed by atoms with Gasteiger partial charge in [-0.1, -0.05) is 23.7 Å². The molecule has 0 radical (unpaired) electrons. The Labute approximate surface area is 208 Å². The van der Waals surface area contributed by atoms with Crippen LogP contribution in [0, 0.1) is 0 Å². The molecule has 1 aliphatic heterocycles. The van der Waals surface area contributed by atoms with E-state index < -0.39 is 16.8 Å². The number of benzene rings is 2. The molecule has 2 aromatic carbocycles. The second kappa shape index (κ2) is 9.23. The number of carbonyl (C=O) groups is 2. The fourth-order valence-corrected chi connectivity index (χ4v) is 4.37. The van der Waals surface area contributed by atoms with E-state index in [9.17, 15) is 22.8 Å². The molecule has 0 saturated heterocycles. The van der Waals surface area contributed by atoms with Gasteiger partial charge in [0, 0.05) is 36.2 Å².